The van der Waals surface area contributed by atoms with Gasteiger partial charge in [-0.15, -0.1) is 0 Å². The van der Waals surface area contributed by atoms with Crippen molar-refractivity contribution in [1.29, 1.82) is 0 Å². The van der Waals surface area contributed by atoms with Gasteiger partial charge in [-0.25, -0.2) is 0 Å². The van der Waals surface area contributed by atoms with Crippen LogP contribution in [0.3, 0.4) is 0 Å². The fraction of sp³-hybridized carbons (Fsp3) is 0.667. The highest BCUT2D eigenvalue weighted by molar-refractivity contribution is 5.80. The van der Waals surface area contributed by atoms with E-state index in [1.54, 1.807) is 7.11 Å². The molecule has 27 heavy (non-hydrogen) atoms. The first-order valence-electron chi connectivity index (χ1n) is 9.88. The van der Waals surface area contributed by atoms with Crippen molar-refractivity contribution in [3.8, 4) is 5.75 Å². The van der Waals surface area contributed by atoms with Gasteiger partial charge in [0.05, 0.1) is 12.5 Å². The first kappa shape index (κ1) is 21.7. The SMILES string of the molecule is COCCN(C)CCOc1cccc(CNC(=O)C2CCCCC2(C)N)c1. The molecule has 0 aliphatic heterocycles. The van der Waals surface area contributed by atoms with Crippen molar-refractivity contribution in [2.75, 3.05) is 40.5 Å². The summed E-state index contributed by atoms with van der Waals surface area (Å²) in [6, 6.07) is 7.88. The van der Waals surface area contributed by atoms with Gasteiger partial charge < -0.3 is 25.4 Å². The molecule has 1 aliphatic carbocycles. The van der Waals surface area contributed by atoms with Crippen molar-refractivity contribution >= 4 is 5.91 Å². The van der Waals surface area contributed by atoms with E-state index in [9.17, 15) is 4.79 Å². The topological polar surface area (TPSA) is 76.8 Å². The predicted molar refractivity (Wildman–Crippen MR) is 108 cm³/mol. The molecule has 0 aromatic heterocycles. The van der Waals surface area contributed by atoms with Crippen molar-refractivity contribution in [3.63, 3.8) is 0 Å². The number of carbonyl (C=O) groups excluding carboxylic acids is 1. The standard InChI is InChI=1S/C21H35N3O3/c1-21(22)10-5-4-9-19(21)20(25)23-16-17-7-6-8-18(15-17)27-14-12-24(2)11-13-26-3/h6-8,15,19H,4-5,9-14,16,22H2,1-3H3,(H,23,25). The summed E-state index contributed by atoms with van der Waals surface area (Å²) < 4.78 is 10.9. The number of rotatable bonds is 10. The Morgan fingerprint density at radius 3 is 2.85 bits per heavy atom. The third kappa shape index (κ3) is 7.13. The Morgan fingerprint density at radius 1 is 1.33 bits per heavy atom. The molecule has 152 valence electrons. The molecule has 2 unspecified atom stereocenters. The molecule has 2 atom stereocenters. The number of benzene rings is 1. The fourth-order valence-corrected chi connectivity index (χ4v) is 3.52. The molecule has 0 saturated heterocycles. The zero-order valence-corrected chi connectivity index (χ0v) is 17.0. The molecular weight excluding hydrogens is 342 g/mol. The monoisotopic (exact) mass is 377 g/mol. The summed E-state index contributed by atoms with van der Waals surface area (Å²) in [5, 5.41) is 3.05. The lowest BCUT2D eigenvalue weighted by Gasteiger charge is -2.37. The normalized spacial score (nSPS) is 22.6. The summed E-state index contributed by atoms with van der Waals surface area (Å²) in [6.45, 7) is 5.54. The van der Waals surface area contributed by atoms with Crippen LogP contribution in [0, 0.1) is 5.92 Å². The maximum atomic E-state index is 12.6. The van der Waals surface area contributed by atoms with Crippen LogP contribution < -0.4 is 15.8 Å². The molecule has 0 spiro atoms. The van der Waals surface area contributed by atoms with Crippen molar-refractivity contribution in [1.82, 2.24) is 10.2 Å². The van der Waals surface area contributed by atoms with Gasteiger partial charge in [-0.05, 0) is 44.5 Å². The number of nitrogens with zero attached hydrogens (tertiary/aromatic N) is 1. The Balaban J connectivity index is 1.78. The average Bonchev–Trinajstić information content (AvgIpc) is 2.64. The minimum atomic E-state index is -0.401. The van der Waals surface area contributed by atoms with E-state index in [-0.39, 0.29) is 11.8 Å². The van der Waals surface area contributed by atoms with Crippen LogP contribution in [-0.4, -0.2) is 56.8 Å². The number of nitrogens with two attached hydrogens (primary N) is 1. The summed E-state index contributed by atoms with van der Waals surface area (Å²) in [5.41, 5.74) is 6.96. The van der Waals surface area contributed by atoms with Gasteiger partial charge in [0, 0.05) is 32.3 Å². The smallest absolute Gasteiger partial charge is 0.225 e. The minimum Gasteiger partial charge on any atom is -0.492 e. The van der Waals surface area contributed by atoms with Crippen molar-refractivity contribution in [2.24, 2.45) is 11.7 Å². The Bertz CT molecular complexity index is 592. The Hall–Kier alpha value is -1.63. The van der Waals surface area contributed by atoms with E-state index in [1.807, 2.05) is 38.2 Å². The van der Waals surface area contributed by atoms with E-state index in [1.165, 1.54) is 0 Å². The van der Waals surface area contributed by atoms with Gasteiger partial charge >= 0.3 is 0 Å². The van der Waals surface area contributed by atoms with Gasteiger partial charge in [-0.1, -0.05) is 25.0 Å². The first-order valence-corrected chi connectivity index (χ1v) is 9.88. The first-order chi connectivity index (χ1) is 12.9. The number of carbonyl (C=O) groups is 1. The molecule has 0 heterocycles. The third-order valence-corrected chi connectivity index (χ3v) is 5.35. The molecule has 1 aromatic carbocycles. The summed E-state index contributed by atoms with van der Waals surface area (Å²) in [6.07, 6.45) is 3.97. The molecule has 1 saturated carbocycles. The van der Waals surface area contributed by atoms with E-state index >= 15 is 0 Å². The maximum Gasteiger partial charge on any atom is 0.225 e. The number of ether oxygens (including phenoxy) is 2. The molecule has 2 rings (SSSR count). The van der Waals surface area contributed by atoms with Crippen LogP contribution in [0.2, 0.25) is 0 Å². The van der Waals surface area contributed by atoms with Gasteiger partial charge in [0.15, 0.2) is 0 Å². The van der Waals surface area contributed by atoms with Crippen LogP contribution in [0.1, 0.15) is 38.2 Å². The Kier molecular flexibility index (Phi) is 8.54. The zero-order valence-electron chi connectivity index (χ0n) is 17.0. The Labute approximate surface area is 163 Å². The van der Waals surface area contributed by atoms with Crippen LogP contribution in [0.4, 0.5) is 0 Å². The second-order valence-electron chi connectivity index (χ2n) is 7.81. The van der Waals surface area contributed by atoms with Crippen LogP contribution in [0.15, 0.2) is 24.3 Å². The van der Waals surface area contributed by atoms with Gasteiger partial charge in [0.2, 0.25) is 5.91 Å². The van der Waals surface area contributed by atoms with Crippen LogP contribution in [0.5, 0.6) is 5.75 Å². The minimum absolute atomic E-state index is 0.0609. The lowest BCUT2D eigenvalue weighted by atomic mass is 9.74. The van der Waals surface area contributed by atoms with E-state index in [2.05, 4.69) is 10.2 Å². The van der Waals surface area contributed by atoms with E-state index in [4.69, 9.17) is 15.2 Å². The zero-order chi connectivity index (χ0) is 19.7. The quantitative estimate of drug-likeness (QED) is 0.653. The number of amides is 1. The van der Waals surface area contributed by atoms with Crippen molar-refractivity contribution < 1.29 is 14.3 Å². The van der Waals surface area contributed by atoms with E-state index < -0.39 is 5.54 Å². The molecule has 6 heteroatoms. The van der Waals surface area contributed by atoms with Crippen molar-refractivity contribution in [2.45, 2.75) is 44.7 Å². The summed E-state index contributed by atoms with van der Waals surface area (Å²) in [4.78, 5) is 14.7. The lowest BCUT2D eigenvalue weighted by Crippen LogP contribution is -2.52. The number of hydrogen-bond donors (Lipinski definition) is 2. The maximum absolute atomic E-state index is 12.6. The van der Waals surface area contributed by atoms with Gasteiger partial charge in [-0.2, -0.15) is 0 Å². The largest absolute Gasteiger partial charge is 0.492 e. The summed E-state index contributed by atoms with van der Waals surface area (Å²) in [7, 11) is 3.75. The highest BCUT2D eigenvalue weighted by Gasteiger charge is 2.37. The summed E-state index contributed by atoms with van der Waals surface area (Å²) in [5.74, 6) is 0.780. The van der Waals surface area contributed by atoms with Crippen LogP contribution in [0.25, 0.3) is 0 Å². The highest BCUT2D eigenvalue weighted by Crippen LogP contribution is 2.31. The molecule has 1 aromatic rings. The number of likely N-dealkylation sites (N-methyl/N-ethyl adjacent to an activating group) is 1. The fourth-order valence-electron chi connectivity index (χ4n) is 3.52. The number of methoxy groups -OCH3 is 1. The molecule has 0 bridgehead atoms. The molecule has 0 radical (unpaired) electrons. The van der Waals surface area contributed by atoms with Gasteiger partial charge in [-0.3, -0.25) is 4.79 Å². The molecular formula is C21H35N3O3. The third-order valence-electron chi connectivity index (χ3n) is 5.35. The van der Waals surface area contributed by atoms with Crippen LogP contribution >= 0.6 is 0 Å². The van der Waals surface area contributed by atoms with E-state index in [0.29, 0.717) is 19.8 Å². The van der Waals surface area contributed by atoms with Crippen molar-refractivity contribution in [3.05, 3.63) is 29.8 Å². The van der Waals surface area contributed by atoms with E-state index in [0.717, 1.165) is 50.1 Å². The van der Waals surface area contributed by atoms with Crippen LogP contribution in [-0.2, 0) is 16.1 Å². The van der Waals surface area contributed by atoms with Gasteiger partial charge in [0.1, 0.15) is 12.4 Å². The van der Waals surface area contributed by atoms with Gasteiger partial charge in [0.25, 0.3) is 0 Å². The highest BCUT2D eigenvalue weighted by atomic mass is 16.5. The number of hydrogen-bond acceptors (Lipinski definition) is 5. The Morgan fingerprint density at radius 2 is 2.11 bits per heavy atom. The second kappa shape index (κ2) is 10.6. The molecule has 6 nitrogen and oxygen atoms in total. The molecule has 1 fully saturated rings. The average molecular weight is 378 g/mol. The summed E-state index contributed by atoms with van der Waals surface area (Å²) >= 11 is 0. The second-order valence-corrected chi connectivity index (χ2v) is 7.81. The number of nitrogens with one attached hydrogen (secondary N) is 1. The molecule has 1 amide bonds. The molecule has 3 N–H and O–H groups in total. The lowest BCUT2D eigenvalue weighted by molar-refractivity contribution is -0.128. The molecule has 1 aliphatic rings. The predicted octanol–water partition coefficient (Wildman–Crippen LogP) is 2.17.